The van der Waals surface area contributed by atoms with Crippen LogP contribution in [0.5, 0.6) is 0 Å². The third-order valence-corrected chi connectivity index (χ3v) is 3.39. The van der Waals surface area contributed by atoms with Crippen LogP contribution in [-0.4, -0.2) is 37.3 Å². The molecule has 1 aromatic rings. The molecule has 5 nitrogen and oxygen atoms in total. The molecule has 0 aromatic heterocycles. The first-order valence-electron chi connectivity index (χ1n) is 6.21. The summed E-state index contributed by atoms with van der Waals surface area (Å²) in [7, 11) is 1.68. The van der Waals surface area contributed by atoms with Crippen molar-refractivity contribution < 1.29 is 14.3 Å². The van der Waals surface area contributed by atoms with Crippen LogP contribution in [-0.2, 0) is 4.74 Å². The minimum absolute atomic E-state index is 0.0889. The summed E-state index contributed by atoms with van der Waals surface area (Å²) < 4.78 is 18.7. The molecule has 0 amide bonds. The first kappa shape index (κ1) is 13.6. The summed E-state index contributed by atoms with van der Waals surface area (Å²) in [6.07, 6.45) is 2.15. The fraction of sp³-hybridized carbons (Fsp3) is 0.462. The number of ether oxygens (including phenoxy) is 1. The van der Waals surface area contributed by atoms with Gasteiger partial charge in [0.1, 0.15) is 5.82 Å². The summed E-state index contributed by atoms with van der Waals surface area (Å²) in [5.74, 6) is -0.500. The standard InChI is InChI=1S/C13H18FN3O2/c1-19-10-3-2-6-17(8-10)12-5-4-9(14)7-11(12)13(15)16-18/h4-5,7,10,18H,2-3,6,8H2,1H3,(H2,15,16). The molecular weight excluding hydrogens is 249 g/mol. The first-order chi connectivity index (χ1) is 9.15. The topological polar surface area (TPSA) is 71.1 Å². The van der Waals surface area contributed by atoms with Gasteiger partial charge in [-0.05, 0) is 31.0 Å². The van der Waals surface area contributed by atoms with Crippen molar-refractivity contribution >= 4 is 11.5 Å². The lowest BCUT2D eigenvalue weighted by molar-refractivity contribution is 0.0893. The van der Waals surface area contributed by atoms with E-state index in [0.717, 1.165) is 25.1 Å². The number of amidine groups is 1. The number of oxime groups is 1. The van der Waals surface area contributed by atoms with Crippen LogP contribution in [0.1, 0.15) is 18.4 Å². The molecule has 1 aliphatic heterocycles. The highest BCUT2D eigenvalue weighted by molar-refractivity contribution is 6.02. The summed E-state index contributed by atoms with van der Waals surface area (Å²) >= 11 is 0. The first-order valence-corrected chi connectivity index (χ1v) is 6.21. The largest absolute Gasteiger partial charge is 0.409 e. The Labute approximate surface area is 111 Å². The Hall–Kier alpha value is -1.82. The lowest BCUT2D eigenvalue weighted by Crippen LogP contribution is -2.40. The van der Waals surface area contributed by atoms with Gasteiger partial charge in [0.2, 0.25) is 0 Å². The molecule has 0 radical (unpaired) electrons. The molecule has 0 spiro atoms. The second-order valence-electron chi connectivity index (χ2n) is 4.59. The van der Waals surface area contributed by atoms with Gasteiger partial charge in [0.15, 0.2) is 5.84 Å². The van der Waals surface area contributed by atoms with E-state index < -0.39 is 5.82 Å². The van der Waals surface area contributed by atoms with Crippen molar-refractivity contribution in [1.82, 2.24) is 0 Å². The number of hydrogen-bond acceptors (Lipinski definition) is 4. The maximum absolute atomic E-state index is 13.3. The van der Waals surface area contributed by atoms with Crippen molar-refractivity contribution in [2.45, 2.75) is 18.9 Å². The van der Waals surface area contributed by atoms with E-state index in [0.29, 0.717) is 12.1 Å². The lowest BCUT2D eigenvalue weighted by atomic mass is 10.0. The Bertz CT molecular complexity index is 479. The van der Waals surface area contributed by atoms with Crippen LogP contribution in [0.3, 0.4) is 0 Å². The Morgan fingerprint density at radius 3 is 3.05 bits per heavy atom. The van der Waals surface area contributed by atoms with Gasteiger partial charge in [0.05, 0.1) is 6.10 Å². The van der Waals surface area contributed by atoms with E-state index in [1.165, 1.54) is 12.1 Å². The van der Waals surface area contributed by atoms with Crippen LogP contribution >= 0.6 is 0 Å². The van der Waals surface area contributed by atoms with Crippen LogP contribution < -0.4 is 10.6 Å². The van der Waals surface area contributed by atoms with E-state index in [4.69, 9.17) is 15.7 Å². The van der Waals surface area contributed by atoms with Gasteiger partial charge in [-0.3, -0.25) is 0 Å². The van der Waals surface area contributed by atoms with Crippen molar-refractivity contribution in [2.24, 2.45) is 10.9 Å². The summed E-state index contributed by atoms with van der Waals surface area (Å²) in [6, 6.07) is 4.31. The molecule has 6 heteroatoms. The van der Waals surface area contributed by atoms with Crippen LogP contribution in [0.2, 0.25) is 0 Å². The fourth-order valence-corrected chi connectivity index (χ4v) is 2.39. The number of hydrogen-bond donors (Lipinski definition) is 2. The monoisotopic (exact) mass is 267 g/mol. The van der Waals surface area contributed by atoms with E-state index in [1.54, 1.807) is 13.2 Å². The van der Waals surface area contributed by atoms with E-state index in [9.17, 15) is 4.39 Å². The van der Waals surface area contributed by atoms with Crippen molar-refractivity contribution in [3.63, 3.8) is 0 Å². The quantitative estimate of drug-likeness (QED) is 0.377. The molecule has 1 fully saturated rings. The average Bonchev–Trinajstić information content (AvgIpc) is 2.46. The molecule has 2 rings (SSSR count). The smallest absolute Gasteiger partial charge is 0.172 e. The predicted octanol–water partition coefficient (Wildman–Crippen LogP) is 1.54. The molecule has 1 atom stereocenters. The molecule has 1 saturated heterocycles. The second kappa shape index (κ2) is 5.88. The number of piperidine rings is 1. The number of anilines is 1. The van der Waals surface area contributed by atoms with E-state index in [-0.39, 0.29) is 11.9 Å². The Kier molecular flexibility index (Phi) is 4.21. The fourth-order valence-electron chi connectivity index (χ4n) is 2.39. The van der Waals surface area contributed by atoms with Gasteiger partial charge < -0.3 is 20.6 Å². The zero-order chi connectivity index (χ0) is 13.8. The van der Waals surface area contributed by atoms with E-state index in [1.807, 2.05) is 0 Å². The van der Waals surface area contributed by atoms with Crippen LogP contribution in [0, 0.1) is 5.82 Å². The molecule has 1 aliphatic rings. The van der Waals surface area contributed by atoms with E-state index in [2.05, 4.69) is 10.1 Å². The minimum atomic E-state index is -0.411. The second-order valence-corrected chi connectivity index (χ2v) is 4.59. The third kappa shape index (κ3) is 2.96. The molecular formula is C13H18FN3O2. The number of rotatable bonds is 3. The number of benzene rings is 1. The van der Waals surface area contributed by atoms with Gasteiger partial charge >= 0.3 is 0 Å². The van der Waals surface area contributed by atoms with Gasteiger partial charge in [-0.15, -0.1) is 0 Å². The third-order valence-electron chi connectivity index (χ3n) is 3.39. The van der Waals surface area contributed by atoms with Crippen molar-refractivity contribution in [2.75, 3.05) is 25.1 Å². The summed E-state index contributed by atoms with van der Waals surface area (Å²) in [5.41, 5.74) is 6.78. The average molecular weight is 267 g/mol. The minimum Gasteiger partial charge on any atom is -0.409 e. The number of nitrogens with zero attached hydrogens (tertiary/aromatic N) is 2. The van der Waals surface area contributed by atoms with Crippen molar-refractivity contribution in [3.05, 3.63) is 29.6 Å². The molecule has 104 valence electrons. The highest BCUT2D eigenvalue weighted by Crippen LogP contribution is 2.25. The van der Waals surface area contributed by atoms with Gasteiger partial charge in [-0.25, -0.2) is 4.39 Å². The Morgan fingerprint density at radius 1 is 1.58 bits per heavy atom. The van der Waals surface area contributed by atoms with E-state index >= 15 is 0 Å². The van der Waals surface area contributed by atoms with Crippen molar-refractivity contribution in [3.8, 4) is 0 Å². The zero-order valence-electron chi connectivity index (χ0n) is 10.8. The zero-order valence-corrected chi connectivity index (χ0v) is 10.8. The summed E-state index contributed by atoms with van der Waals surface area (Å²) in [6.45, 7) is 1.56. The molecule has 1 heterocycles. The summed E-state index contributed by atoms with van der Waals surface area (Å²) in [4.78, 5) is 2.07. The van der Waals surface area contributed by atoms with Gasteiger partial charge in [-0.1, -0.05) is 5.16 Å². The van der Waals surface area contributed by atoms with Gasteiger partial charge in [0.25, 0.3) is 0 Å². The maximum Gasteiger partial charge on any atom is 0.172 e. The molecule has 19 heavy (non-hydrogen) atoms. The van der Waals surface area contributed by atoms with Gasteiger partial charge in [0, 0.05) is 31.5 Å². The Balaban J connectivity index is 2.33. The molecule has 1 unspecified atom stereocenters. The molecule has 0 bridgehead atoms. The van der Waals surface area contributed by atoms with Crippen molar-refractivity contribution in [1.29, 1.82) is 0 Å². The normalized spacial score (nSPS) is 20.6. The lowest BCUT2D eigenvalue weighted by Gasteiger charge is -2.34. The SMILES string of the molecule is COC1CCCN(c2ccc(F)cc2/C(N)=N/O)C1. The highest BCUT2D eigenvalue weighted by atomic mass is 19.1. The molecule has 0 saturated carbocycles. The summed E-state index contributed by atoms with van der Waals surface area (Å²) in [5, 5.41) is 11.8. The maximum atomic E-state index is 13.3. The molecule has 3 N–H and O–H groups in total. The highest BCUT2D eigenvalue weighted by Gasteiger charge is 2.22. The van der Waals surface area contributed by atoms with Crippen LogP contribution in [0.4, 0.5) is 10.1 Å². The molecule has 0 aliphatic carbocycles. The van der Waals surface area contributed by atoms with Gasteiger partial charge in [-0.2, -0.15) is 0 Å². The van der Waals surface area contributed by atoms with Crippen LogP contribution in [0.15, 0.2) is 23.4 Å². The number of nitrogens with two attached hydrogens (primary N) is 1. The van der Waals surface area contributed by atoms with Crippen LogP contribution in [0.25, 0.3) is 0 Å². The Morgan fingerprint density at radius 2 is 2.37 bits per heavy atom. The predicted molar refractivity (Wildman–Crippen MR) is 71.2 cm³/mol. The molecule has 1 aromatic carbocycles. The number of halogens is 1. The number of methoxy groups -OCH3 is 1.